The van der Waals surface area contributed by atoms with Gasteiger partial charge in [-0.1, -0.05) is 62.9 Å². The van der Waals surface area contributed by atoms with E-state index in [1.807, 2.05) is 18.2 Å². The predicted octanol–water partition coefficient (Wildman–Crippen LogP) is -0.319. The number of hydrogen-bond donors (Lipinski definition) is 0. The van der Waals surface area contributed by atoms with Crippen LogP contribution in [0.3, 0.4) is 0 Å². The van der Waals surface area contributed by atoms with Crippen molar-refractivity contribution in [2.75, 3.05) is 0 Å². The Morgan fingerprint density at radius 3 is 1.91 bits per heavy atom. The SMILES string of the molecule is CCCCc1cc[c-]cc1.[CH2-]CCCc1ccccc1.[Li+].[Li+]. The Bertz CT molecular complexity index is 382. The number of rotatable bonds is 6. The van der Waals surface area contributed by atoms with Gasteiger partial charge in [0.15, 0.2) is 0 Å². The molecule has 108 valence electrons. The van der Waals surface area contributed by atoms with Gasteiger partial charge in [0.2, 0.25) is 0 Å². The van der Waals surface area contributed by atoms with Crippen molar-refractivity contribution in [2.45, 2.75) is 45.4 Å². The second kappa shape index (κ2) is 17.0. The van der Waals surface area contributed by atoms with Crippen molar-refractivity contribution in [2.24, 2.45) is 0 Å². The number of aryl methyl sites for hydroxylation is 2. The molecule has 0 aliphatic rings. The molecular formula is C20H26Li2. The molecule has 0 radical (unpaired) electrons. The van der Waals surface area contributed by atoms with Crippen molar-refractivity contribution in [3.05, 3.63) is 78.7 Å². The summed E-state index contributed by atoms with van der Waals surface area (Å²) in [5, 5.41) is 0. The predicted molar refractivity (Wildman–Crippen MR) is 88.6 cm³/mol. The quantitative estimate of drug-likeness (QED) is 0.503. The van der Waals surface area contributed by atoms with Crippen molar-refractivity contribution in [3.8, 4) is 0 Å². The molecular weight excluding hydrogens is 254 g/mol. The van der Waals surface area contributed by atoms with E-state index in [4.69, 9.17) is 0 Å². The first-order valence-corrected chi connectivity index (χ1v) is 7.65. The van der Waals surface area contributed by atoms with E-state index < -0.39 is 0 Å². The summed E-state index contributed by atoms with van der Waals surface area (Å²) in [7, 11) is 0. The Morgan fingerprint density at radius 1 is 0.818 bits per heavy atom. The first-order chi connectivity index (χ1) is 9.86. The Labute approximate surface area is 161 Å². The van der Waals surface area contributed by atoms with Crippen LogP contribution in [0.25, 0.3) is 0 Å². The fourth-order valence-corrected chi connectivity index (χ4v) is 1.94. The molecule has 2 heteroatoms. The van der Waals surface area contributed by atoms with Crippen LogP contribution in [0.2, 0.25) is 0 Å². The van der Waals surface area contributed by atoms with Gasteiger partial charge in [0, 0.05) is 0 Å². The van der Waals surface area contributed by atoms with Crippen LogP contribution in [0.1, 0.15) is 43.7 Å². The standard InChI is InChI=1S/2C10H13.2Li/c2*1-2-3-7-10-8-5-4-6-9-10;;/h5-6,8-9H,2-3,7H2,1H3;4-6,8-9H,1-3,7H2;;/q2*-1;2*+1. The fourth-order valence-electron chi connectivity index (χ4n) is 1.94. The van der Waals surface area contributed by atoms with E-state index >= 15 is 0 Å². The van der Waals surface area contributed by atoms with Crippen molar-refractivity contribution in [1.29, 1.82) is 0 Å². The molecule has 0 spiro atoms. The molecule has 2 rings (SSSR count). The van der Waals surface area contributed by atoms with Crippen LogP contribution >= 0.6 is 0 Å². The summed E-state index contributed by atoms with van der Waals surface area (Å²) in [4.78, 5) is 0. The molecule has 0 saturated heterocycles. The van der Waals surface area contributed by atoms with Crippen molar-refractivity contribution in [3.63, 3.8) is 0 Å². The van der Waals surface area contributed by atoms with Gasteiger partial charge in [0.1, 0.15) is 0 Å². The number of hydrogen-bond acceptors (Lipinski definition) is 0. The third-order valence-corrected chi connectivity index (χ3v) is 3.16. The molecule has 0 aliphatic heterocycles. The smallest absolute Gasteiger partial charge is 0.343 e. The van der Waals surface area contributed by atoms with Gasteiger partial charge in [-0.2, -0.15) is 42.3 Å². The minimum absolute atomic E-state index is 0. The van der Waals surface area contributed by atoms with E-state index in [1.54, 1.807) is 0 Å². The summed E-state index contributed by atoms with van der Waals surface area (Å²) < 4.78 is 0. The first-order valence-electron chi connectivity index (χ1n) is 7.65. The van der Waals surface area contributed by atoms with Gasteiger partial charge in [-0.3, -0.25) is 0 Å². The van der Waals surface area contributed by atoms with Crippen LogP contribution < -0.4 is 37.7 Å². The molecule has 0 saturated carbocycles. The summed E-state index contributed by atoms with van der Waals surface area (Å²) in [6.07, 6.45) is 7.19. The molecule has 0 nitrogen and oxygen atoms in total. The second-order valence-corrected chi connectivity index (χ2v) is 4.95. The average Bonchev–Trinajstić information content (AvgIpc) is 2.53. The molecule has 0 bridgehead atoms. The molecule has 0 amide bonds. The van der Waals surface area contributed by atoms with Gasteiger partial charge < -0.3 is 6.92 Å². The molecule has 2 aromatic rings. The maximum atomic E-state index is 3.80. The molecule has 0 aliphatic carbocycles. The van der Waals surface area contributed by atoms with Crippen molar-refractivity contribution in [1.82, 2.24) is 0 Å². The molecule has 0 heterocycles. The topological polar surface area (TPSA) is 0 Å². The first kappa shape index (κ1) is 23.9. The largest absolute Gasteiger partial charge is 1.00 e. The van der Waals surface area contributed by atoms with E-state index in [0.717, 1.165) is 6.42 Å². The second-order valence-electron chi connectivity index (χ2n) is 4.95. The van der Waals surface area contributed by atoms with Gasteiger partial charge in [-0.25, -0.2) is 0 Å². The summed E-state index contributed by atoms with van der Waals surface area (Å²) >= 11 is 0. The van der Waals surface area contributed by atoms with E-state index in [0.29, 0.717) is 0 Å². The monoisotopic (exact) mass is 280 g/mol. The van der Waals surface area contributed by atoms with Crippen LogP contribution in [0.4, 0.5) is 0 Å². The van der Waals surface area contributed by atoms with Crippen LogP contribution in [0.15, 0.2) is 54.6 Å². The molecule has 22 heavy (non-hydrogen) atoms. The van der Waals surface area contributed by atoms with E-state index in [1.165, 1.54) is 43.2 Å². The van der Waals surface area contributed by atoms with E-state index in [9.17, 15) is 0 Å². The average molecular weight is 280 g/mol. The van der Waals surface area contributed by atoms with Gasteiger partial charge in [-0.05, 0) is 12.0 Å². The Balaban J connectivity index is 0. The van der Waals surface area contributed by atoms with Crippen molar-refractivity contribution >= 4 is 0 Å². The summed E-state index contributed by atoms with van der Waals surface area (Å²) in [5.41, 5.74) is 2.85. The minimum Gasteiger partial charge on any atom is -0.343 e. The van der Waals surface area contributed by atoms with Gasteiger partial charge in [0.05, 0.1) is 0 Å². The van der Waals surface area contributed by atoms with Gasteiger partial charge in [0.25, 0.3) is 0 Å². The molecule has 0 N–H and O–H groups in total. The van der Waals surface area contributed by atoms with Crippen LogP contribution in [-0.2, 0) is 12.8 Å². The fraction of sp³-hybridized carbons (Fsp3) is 0.350. The third kappa shape index (κ3) is 12.2. The minimum atomic E-state index is 0. The summed E-state index contributed by atoms with van der Waals surface area (Å²) in [6.45, 7) is 6.02. The maximum Gasteiger partial charge on any atom is 1.00 e. The van der Waals surface area contributed by atoms with Crippen molar-refractivity contribution < 1.29 is 37.7 Å². The molecule has 2 aromatic carbocycles. The third-order valence-electron chi connectivity index (χ3n) is 3.16. The van der Waals surface area contributed by atoms with Gasteiger partial charge >= 0.3 is 37.7 Å². The van der Waals surface area contributed by atoms with E-state index in [-0.39, 0.29) is 37.7 Å². The van der Waals surface area contributed by atoms with Crippen LogP contribution in [0, 0.1) is 13.0 Å². The van der Waals surface area contributed by atoms with Gasteiger partial charge in [-0.15, -0.1) is 0 Å². The number of unbranched alkanes of at least 4 members (excludes halogenated alkanes) is 2. The van der Waals surface area contributed by atoms with E-state index in [2.05, 4.69) is 56.3 Å². The Morgan fingerprint density at radius 2 is 1.36 bits per heavy atom. The zero-order chi connectivity index (χ0) is 14.5. The Hall–Kier alpha value is -0.365. The summed E-state index contributed by atoms with van der Waals surface area (Å²) in [6, 6.07) is 21.8. The number of benzene rings is 2. The Kier molecular flexibility index (Phi) is 18.5. The summed E-state index contributed by atoms with van der Waals surface area (Å²) in [5.74, 6) is 0. The normalized spacial score (nSPS) is 8.82. The molecule has 0 unspecified atom stereocenters. The van der Waals surface area contributed by atoms with Crippen LogP contribution in [0.5, 0.6) is 0 Å². The zero-order valence-corrected chi connectivity index (χ0v) is 14.6. The van der Waals surface area contributed by atoms with Crippen LogP contribution in [-0.4, -0.2) is 0 Å². The maximum absolute atomic E-state index is 3.80. The molecule has 0 atom stereocenters. The zero-order valence-electron chi connectivity index (χ0n) is 14.6. The molecule has 0 aromatic heterocycles. The molecule has 0 fully saturated rings.